The molecule has 0 fully saturated rings. The Morgan fingerprint density at radius 1 is 1.14 bits per heavy atom. The maximum absolute atomic E-state index is 12.4. The Morgan fingerprint density at radius 2 is 1.82 bits per heavy atom. The van der Waals surface area contributed by atoms with Crippen molar-refractivity contribution < 1.29 is 19.1 Å². The largest absolute Gasteiger partial charge is 0.493 e. The van der Waals surface area contributed by atoms with Gasteiger partial charge in [0.1, 0.15) is 17.1 Å². The number of rotatable bonds is 9. The molecule has 9 nitrogen and oxygen atoms in total. The predicted molar refractivity (Wildman–Crippen MR) is 102 cm³/mol. The molecule has 1 aromatic heterocycles. The second kappa shape index (κ2) is 9.54. The van der Waals surface area contributed by atoms with Crippen molar-refractivity contribution in [3.05, 3.63) is 56.7 Å². The number of hydrogen-bond acceptors (Lipinski definition) is 7. The molecule has 0 unspecified atom stereocenters. The zero-order valence-corrected chi connectivity index (χ0v) is 15.8. The van der Waals surface area contributed by atoms with Gasteiger partial charge in [0, 0.05) is 13.6 Å². The second-order valence-electron chi connectivity index (χ2n) is 6.05. The highest BCUT2D eigenvalue weighted by Crippen LogP contribution is 2.09. The fourth-order valence-corrected chi connectivity index (χ4v) is 2.54. The first-order valence-corrected chi connectivity index (χ1v) is 8.82. The minimum atomic E-state index is -0.816. The molecule has 2 N–H and O–H groups in total. The van der Waals surface area contributed by atoms with E-state index in [4.69, 9.17) is 15.2 Å². The molecular weight excluding hydrogens is 366 g/mol. The summed E-state index contributed by atoms with van der Waals surface area (Å²) < 4.78 is 12.3. The van der Waals surface area contributed by atoms with Crippen molar-refractivity contribution in [1.82, 2.24) is 9.13 Å². The lowest BCUT2D eigenvalue weighted by Crippen LogP contribution is -2.43. The van der Waals surface area contributed by atoms with Gasteiger partial charge in [0.05, 0.1) is 13.0 Å². The Kier molecular flexibility index (Phi) is 7.14. The molecule has 0 saturated heterocycles. The van der Waals surface area contributed by atoms with E-state index in [1.807, 2.05) is 13.0 Å². The van der Waals surface area contributed by atoms with E-state index in [0.717, 1.165) is 9.13 Å². The van der Waals surface area contributed by atoms with Crippen molar-refractivity contribution in [3.63, 3.8) is 0 Å². The number of nitrogens with zero attached hydrogens (tertiary/aromatic N) is 2. The highest BCUT2D eigenvalue weighted by molar-refractivity contribution is 6.01. The van der Waals surface area contributed by atoms with Crippen molar-refractivity contribution in [1.29, 1.82) is 0 Å². The lowest BCUT2D eigenvalue weighted by atomic mass is 10.2. The molecule has 2 rings (SSSR count). The number of nitrogens with two attached hydrogens (primary N) is 1. The average Bonchev–Trinajstić information content (AvgIpc) is 2.69. The number of Topliss-reactive ketones (excluding diaryl/α,β-unsaturated/α-hetero) is 1. The summed E-state index contributed by atoms with van der Waals surface area (Å²) in [6.07, 6.45) is 0.525. The Labute approximate surface area is 161 Å². The van der Waals surface area contributed by atoms with E-state index < -0.39 is 29.6 Å². The van der Waals surface area contributed by atoms with Gasteiger partial charge in [-0.05, 0) is 18.6 Å². The summed E-state index contributed by atoms with van der Waals surface area (Å²) in [5, 5.41) is 0. The van der Waals surface area contributed by atoms with E-state index >= 15 is 0 Å². The molecule has 2 aromatic rings. The van der Waals surface area contributed by atoms with Gasteiger partial charge in [-0.25, -0.2) is 4.79 Å². The van der Waals surface area contributed by atoms with Crippen LogP contribution in [0.5, 0.6) is 5.75 Å². The Morgan fingerprint density at radius 3 is 2.46 bits per heavy atom. The maximum Gasteiger partial charge on any atom is 0.332 e. The number of carbonyl (C=O) groups excluding carboxylic acids is 2. The number of nitrogen functional groups attached to an aromatic ring is 1. The molecule has 1 heterocycles. The van der Waals surface area contributed by atoms with Gasteiger partial charge in [0.15, 0.2) is 6.61 Å². The van der Waals surface area contributed by atoms with Crippen LogP contribution in [0.15, 0.2) is 39.9 Å². The van der Waals surface area contributed by atoms with Gasteiger partial charge < -0.3 is 15.2 Å². The Hall–Kier alpha value is -3.36. The Balaban J connectivity index is 2.00. The van der Waals surface area contributed by atoms with Crippen LogP contribution >= 0.6 is 0 Å². The van der Waals surface area contributed by atoms with Crippen LogP contribution in [0.4, 0.5) is 5.82 Å². The zero-order valence-electron chi connectivity index (χ0n) is 15.8. The van der Waals surface area contributed by atoms with Crippen LogP contribution in [0.2, 0.25) is 0 Å². The number of benzene rings is 1. The smallest absolute Gasteiger partial charge is 0.332 e. The lowest BCUT2D eigenvalue weighted by molar-refractivity contribution is -0.143. The number of ketones is 1. The molecule has 150 valence electrons. The first-order chi connectivity index (χ1) is 13.4. The molecule has 0 radical (unpaired) electrons. The van der Waals surface area contributed by atoms with Crippen molar-refractivity contribution in [2.24, 2.45) is 7.05 Å². The summed E-state index contributed by atoms with van der Waals surface area (Å²) in [5.74, 6) is -1.02. The molecule has 0 aliphatic rings. The summed E-state index contributed by atoms with van der Waals surface area (Å²) in [6, 6.07) is 8.94. The van der Waals surface area contributed by atoms with E-state index in [0.29, 0.717) is 12.2 Å². The quantitative estimate of drug-likeness (QED) is 0.495. The number of hydrogen-bond donors (Lipinski definition) is 1. The first kappa shape index (κ1) is 20.9. The van der Waals surface area contributed by atoms with Crippen molar-refractivity contribution in [2.75, 3.05) is 18.9 Å². The number of ether oxygens (including phenoxy) is 2. The highest BCUT2D eigenvalue weighted by Gasteiger charge is 2.22. The van der Waals surface area contributed by atoms with Crippen LogP contribution in [0.3, 0.4) is 0 Å². The van der Waals surface area contributed by atoms with Crippen molar-refractivity contribution >= 4 is 17.6 Å². The summed E-state index contributed by atoms with van der Waals surface area (Å²) in [7, 11) is 1.26. The third kappa shape index (κ3) is 4.87. The van der Waals surface area contributed by atoms with Gasteiger partial charge >= 0.3 is 11.7 Å². The van der Waals surface area contributed by atoms with Gasteiger partial charge in [-0.1, -0.05) is 25.1 Å². The van der Waals surface area contributed by atoms with Gasteiger partial charge in [-0.2, -0.15) is 0 Å². The van der Waals surface area contributed by atoms with E-state index in [1.54, 1.807) is 24.3 Å². The van der Waals surface area contributed by atoms with Gasteiger partial charge in [0.2, 0.25) is 5.78 Å². The molecule has 1 aromatic carbocycles. The van der Waals surface area contributed by atoms with Gasteiger partial charge in [-0.15, -0.1) is 0 Å². The van der Waals surface area contributed by atoms with Gasteiger partial charge in [-0.3, -0.25) is 23.5 Å². The number of aromatic nitrogens is 2. The van der Waals surface area contributed by atoms with Crippen LogP contribution in [-0.2, 0) is 23.1 Å². The molecular formula is C19H23N3O6. The maximum atomic E-state index is 12.4. The molecule has 0 aliphatic heterocycles. The number of esters is 1. The zero-order chi connectivity index (χ0) is 20.7. The number of anilines is 1. The average molecular weight is 389 g/mol. The number of para-hydroxylation sites is 1. The summed E-state index contributed by atoms with van der Waals surface area (Å²) >= 11 is 0. The minimum Gasteiger partial charge on any atom is -0.493 e. The fourth-order valence-electron chi connectivity index (χ4n) is 2.54. The topological polar surface area (TPSA) is 123 Å². The lowest BCUT2D eigenvalue weighted by Gasteiger charge is -2.13. The van der Waals surface area contributed by atoms with E-state index in [9.17, 15) is 19.2 Å². The third-order valence-corrected chi connectivity index (χ3v) is 3.99. The molecule has 0 atom stereocenters. The van der Waals surface area contributed by atoms with E-state index in [-0.39, 0.29) is 31.0 Å². The summed E-state index contributed by atoms with van der Waals surface area (Å²) in [6.45, 7) is 1.53. The van der Waals surface area contributed by atoms with Crippen LogP contribution in [0, 0.1) is 0 Å². The van der Waals surface area contributed by atoms with Crippen LogP contribution < -0.4 is 21.7 Å². The van der Waals surface area contributed by atoms with E-state index in [1.165, 1.54) is 7.05 Å². The van der Waals surface area contributed by atoms with E-state index in [2.05, 4.69) is 0 Å². The highest BCUT2D eigenvalue weighted by atomic mass is 16.5. The molecule has 0 amide bonds. The SMILES string of the molecule is CCCn1c(N)c(C(=O)COC(=O)CCOc2ccccc2)c(=O)n(C)c1=O. The second-order valence-corrected chi connectivity index (χ2v) is 6.05. The molecule has 0 spiro atoms. The Bertz CT molecular complexity index is 962. The molecule has 0 saturated carbocycles. The van der Waals surface area contributed by atoms with Crippen LogP contribution in [-0.4, -0.2) is 34.1 Å². The first-order valence-electron chi connectivity index (χ1n) is 8.82. The monoisotopic (exact) mass is 389 g/mol. The normalized spacial score (nSPS) is 10.5. The van der Waals surface area contributed by atoms with Crippen LogP contribution in [0.25, 0.3) is 0 Å². The number of carbonyl (C=O) groups is 2. The molecule has 0 aliphatic carbocycles. The third-order valence-electron chi connectivity index (χ3n) is 3.99. The summed E-state index contributed by atoms with van der Waals surface area (Å²) in [5.41, 5.74) is 4.09. The minimum absolute atomic E-state index is 0.0645. The van der Waals surface area contributed by atoms with Crippen LogP contribution in [0.1, 0.15) is 30.1 Å². The van der Waals surface area contributed by atoms with Crippen molar-refractivity contribution in [3.8, 4) is 5.75 Å². The molecule has 28 heavy (non-hydrogen) atoms. The molecule has 9 heteroatoms. The summed E-state index contributed by atoms with van der Waals surface area (Å²) in [4.78, 5) is 48.6. The van der Waals surface area contributed by atoms with Gasteiger partial charge in [0.25, 0.3) is 5.56 Å². The molecule has 0 bridgehead atoms. The standard InChI is InChI=1S/C19H23N3O6/c1-3-10-22-17(20)16(18(25)21(2)19(22)26)14(23)12-28-15(24)9-11-27-13-7-5-4-6-8-13/h4-8H,3,9-12,20H2,1-2H3. The fraction of sp³-hybridized carbons (Fsp3) is 0.368. The predicted octanol–water partition coefficient (Wildman–Crippen LogP) is 0.734. The van der Waals surface area contributed by atoms with Crippen molar-refractivity contribution in [2.45, 2.75) is 26.3 Å².